The van der Waals surface area contributed by atoms with Crippen molar-refractivity contribution < 1.29 is 28.7 Å². The van der Waals surface area contributed by atoms with Gasteiger partial charge in [-0.25, -0.2) is 29.5 Å². The molecular formula is C42H58N12O6. The maximum Gasteiger partial charge on any atom is 0.407 e. The van der Waals surface area contributed by atoms with E-state index in [-0.39, 0.29) is 38.0 Å². The van der Waals surface area contributed by atoms with Gasteiger partial charge in [0.15, 0.2) is 0 Å². The number of fused-ring (bicyclic) bond motifs is 2. The summed E-state index contributed by atoms with van der Waals surface area (Å²) >= 11 is 0. The number of amides is 4. The topological polar surface area (TPSA) is 232 Å². The lowest BCUT2D eigenvalue weighted by atomic mass is 9.97. The Morgan fingerprint density at radius 2 is 0.950 bits per heavy atom. The number of rotatable bonds is 15. The number of methoxy groups -OCH3 is 2. The number of nitrogens with zero attached hydrogens (tertiary/aromatic N) is 6. The second-order valence-corrected chi connectivity index (χ2v) is 13.8. The smallest absolute Gasteiger partial charge is 0.407 e. The highest BCUT2D eigenvalue weighted by Gasteiger charge is 2.21. The van der Waals surface area contributed by atoms with Gasteiger partial charge < -0.3 is 49.8 Å². The Hall–Kier alpha value is -6.72. The fraction of sp³-hybridized carbons (Fsp3) is 0.429. The number of aromatic amines is 4. The Labute approximate surface area is 349 Å². The molecule has 0 saturated carbocycles. The molecule has 0 aliphatic rings. The maximum absolute atomic E-state index is 12.8. The normalized spacial score (nSPS) is 10.6. The van der Waals surface area contributed by atoms with Crippen LogP contribution in [0.15, 0.2) is 49.3 Å². The SMILES string of the molecule is CCC.CCC.CCCN(Cc1ncc(-c2ccc(-c3ccc(-c4cnc(CN(CCC)C(=O)CNC(=O)OC)[nH]4)c4nc[nH]c34)c3[nH]cnc23)[nH]1)C(=O)CNC(=O)OC. The molecule has 18 heteroatoms. The maximum atomic E-state index is 12.8. The van der Waals surface area contributed by atoms with Gasteiger partial charge in [-0.2, -0.15) is 0 Å². The van der Waals surface area contributed by atoms with E-state index >= 15 is 0 Å². The predicted molar refractivity (Wildman–Crippen MR) is 231 cm³/mol. The van der Waals surface area contributed by atoms with E-state index in [2.05, 4.69) is 87.7 Å². The van der Waals surface area contributed by atoms with Crippen molar-refractivity contribution in [3.63, 3.8) is 0 Å². The van der Waals surface area contributed by atoms with Crippen molar-refractivity contribution in [2.24, 2.45) is 0 Å². The van der Waals surface area contributed by atoms with Crippen molar-refractivity contribution in [2.75, 3.05) is 40.4 Å². The van der Waals surface area contributed by atoms with Crippen LogP contribution in [0.1, 0.15) is 78.9 Å². The zero-order valence-electron chi connectivity index (χ0n) is 35.8. The Morgan fingerprint density at radius 3 is 1.30 bits per heavy atom. The van der Waals surface area contributed by atoms with Crippen LogP contribution in [0.25, 0.3) is 55.7 Å². The summed E-state index contributed by atoms with van der Waals surface area (Å²) in [5.74, 6) is 0.685. The number of hydrogen-bond donors (Lipinski definition) is 6. The van der Waals surface area contributed by atoms with Crippen LogP contribution in [0.3, 0.4) is 0 Å². The number of benzene rings is 2. The minimum absolute atomic E-state index is 0.179. The summed E-state index contributed by atoms with van der Waals surface area (Å²) in [7, 11) is 2.49. The molecule has 0 bridgehead atoms. The number of alkyl carbamates (subject to hydrolysis) is 2. The predicted octanol–water partition coefficient (Wildman–Crippen LogP) is 6.91. The van der Waals surface area contributed by atoms with Crippen LogP contribution in [0.5, 0.6) is 0 Å². The van der Waals surface area contributed by atoms with Crippen LogP contribution < -0.4 is 10.6 Å². The number of imidazole rings is 4. The van der Waals surface area contributed by atoms with Crippen molar-refractivity contribution in [3.05, 3.63) is 61.0 Å². The summed E-state index contributed by atoms with van der Waals surface area (Å²) in [6.45, 7) is 13.6. The lowest BCUT2D eigenvalue weighted by Gasteiger charge is -2.21. The first kappa shape index (κ1) is 46.0. The lowest BCUT2D eigenvalue weighted by Crippen LogP contribution is -2.40. The molecule has 0 radical (unpaired) electrons. The average Bonchev–Trinajstić information content (AvgIpc) is 4.09. The number of H-pyrrole nitrogens is 4. The number of hydrogen-bond acceptors (Lipinski definition) is 10. The molecule has 4 heterocycles. The molecule has 60 heavy (non-hydrogen) atoms. The first-order valence-corrected chi connectivity index (χ1v) is 20.3. The fourth-order valence-electron chi connectivity index (χ4n) is 6.26. The van der Waals surface area contributed by atoms with E-state index in [1.165, 1.54) is 27.1 Å². The van der Waals surface area contributed by atoms with Crippen LogP contribution in [-0.2, 0) is 32.2 Å². The first-order chi connectivity index (χ1) is 29.1. The third-order valence-corrected chi connectivity index (χ3v) is 8.80. The van der Waals surface area contributed by atoms with Gasteiger partial charge in [0.25, 0.3) is 0 Å². The molecule has 0 fully saturated rings. The van der Waals surface area contributed by atoms with E-state index in [0.717, 1.165) is 68.6 Å². The second kappa shape index (κ2) is 23.0. The quantitative estimate of drug-likeness (QED) is 0.0626. The van der Waals surface area contributed by atoms with Gasteiger partial charge in [0.1, 0.15) is 24.7 Å². The Bertz CT molecular complexity index is 2150. The average molecular weight is 827 g/mol. The van der Waals surface area contributed by atoms with Crippen molar-refractivity contribution in [3.8, 4) is 33.6 Å². The van der Waals surface area contributed by atoms with E-state index in [1.54, 1.807) is 34.8 Å². The van der Waals surface area contributed by atoms with Crippen LogP contribution in [0.4, 0.5) is 9.59 Å². The molecule has 0 spiro atoms. The molecule has 4 amide bonds. The van der Waals surface area contributed by atoms with E-state index in [4.69, 9.17) is 0 Å². The van der Waals surface area contributed by atoms with E-state index in [9.17, 15) is 19.2 Å². The number of ether oxygens (including phenoxy) is 2. The minimum Gasteiger partial charge on any atom is -0.453 e. The standard InChI is InChI=1S/C36H42N12O6.2C3H8/c1-5-11-47(29(49)15-39-35(51)53-3)17-27-37-13-25(45-27)23-9-7-21(31-33(23)43-19-41-31)22-8-10-24(34-32(22)42-20-44-34)26-14-38-28(46-26)18-48(12-6-2)30(50)16-40-36(52)54-4;2*1-3-2/h7-10,13-14,19-20H,5-6,11-12,15-18H2,1-4H3,(H,37,45)(H,38,46)(H,39,51)(H,40,52)(H,41,43)(H,42,44);2*3H2,1-2H3. The molecule has 18 nitrogen and oxygen atoms in total. The monoisotopic (exact) mass is 826 g/mol. The molecule has 6 N–H and O–H groups in total. The van der Waals surface area contributed by atoms with Gasteiger partial charge in [-0.15, -0.1) is 0 Å². The molecule has 322 valence electrons. The molecule has 0 unspecified atom stereocenters. The summed E-state index contributed by atoms with van der Waals surface area (Å²) in [6.07, 6.45) is 9.36. The molecule has 6 rings (SSSR count). The van der Waals surface area contributed by atoms with Gasteiger partial charge in [0.2, 0.25) is 11.8 Å². The number of aromatic nitrogens is 8. The zero-order valence-corrected chi connectivity index (χ0v) is 35.8. The summed E-state index contributed by atoms with van der Waals surface area (Å²) < 4.78 is 9.15. The molecule has 0 atom stereocenters. The summed E-state index contributed by atoms with van der Waals surface area (Å²) in [4.78, 5) is 83.5. The van der Waals surface area contributed by atoms with Gasteiger partial charge in [-0.3, -0.25) is 9.59 Å². The minimum atomic E-state index is -0.669. The fourth-order valence-corrected chi connectivity index (χ4v) is 6.26. The van der Waals surface area contributed by atoms with Gasteiger partial charge >= 0.3 is 12.2 Å². The van der Waals surface area contributed by atoms with Gasteiger partial charge in [-0.05, 0) is 25.0 Å². The van der Waals surface area contributed by atoms with Gasteiger partial charge in [0.05, 0.1) is 85.8 Å². The van der Waals surface area contributed by atoms with Crippen LogP contribution >= 0.6 is 0 Å². The largest absolute Gasteiger partial charge is 0.453 e. The lowest BCUT2D eigenvalue weighted by molar-refractivity contribution is -0.131. The Balaban J connectivity index is 0.00000125. The van der Waals surface area contributed by atoms with E-state index in [1.807, 2.05) is 38.1 Å². The highest BCUT2D eigenvalue weighted by atomic mass is 16.5. The molecule has 6 aromatic rings. The first-order valence-electron chi connectivity index (χ1n) is 20.3. The van der Waals surface area contributed by atoms with E-state index in [0.29, 0.717) is 24.7 Å². The summed E-state index contributed by atoms with van der Waals surface area (Å²) in [5, 5.41) is 4.87. The van der Waals surface area contributed by atoms with Crippen molar-refractivity contribution >= 4 is 46.1 Å². The molecule has 0 saturated heterocycles. The Morgan fingerprint density at radius 1 is 0.583 bits per heavy atom. The number of carbonyl (C=O) groups is 4. The van der Waals surface area contributed by atoms with Crippen molar-refractivity contribution in [2.45, 2.75) is 80.3 Å². The zero-order chi connectivity index (χ0) is 43.6. The highest BCUT2D eigenvalue weighted by Crippen LogP contribution is 2.38. The molecule has 0 aliphatic heterocycles. The van der Waals surface area contributed by atoms with Gasteiger partial charge in [0, 0.05) is 35.3 Å². The molecule has 2 aromatic carbocycles. The van der Waals surface area contributed by atoms with Gasteiger partial charge in [-0.1, -0.05) is 66.5 Å². The third kappa shape index (κ3) is 11.7. The summed E-state index contributed by atoms with van der Waals surface area (Å²) in [6, 6.07) is 7.98. The number of carbonyl (C=O) groups excluding carboxylic acids is 4. The third-order valence-electron chi connectivity index (χ3n) is 8.80. The molecule has 4 aromatic heterocycles. The highest BCUT2D eigenvalue weighted by molar-refractivity contribution is 6.07. The van der Waals surface area contributed by atoms with Crippen molar-refractivity contribution in [1.29, 1.82) is 0 Å². The molecule has 0 aliphatic carbocycles. The summed E-state index contributed by atoms with van der Waals surface area (Å²) in [5.41, 5.74) is 8.03. The number of nitrogens with one attached hydrogen (secondary N) is 6. The second-order valence-electron chi connectivity index (χ2n) is 13.8. The van der Waals surface area contributed by atoms with Crippen LogP contribution in [-0.4, -0.2) is 114 Å². The van der Waals surface area contributed by atoms with Crippen LogP contribution in [0.2, 0.25) is 0 Å². The van der Waals surface area contributed by atoms with Crippen LogP contribution in [0, 0.1) is 0 Å². The molecular weight excluding hydrogens is 769 g/mol. The Kier molecular flexibility index (Phi) is 17.6. The van der Waals surface area contributed by atoms with E-state index < -0.39 is 12.2 Å². The van der Waals surface area contributed by atoms with Crippen molar-refractivity contribution in [1.82, 2.24) is 60.3 Å².